The van der Waals surface area contributed by atoms with Gasteiger partial charge in [0, 0.05) is 12.8 Å². The van der Waals surface area contributed by atoms with E-state index in [4.69, 9.17) is 9.47 Å². The van der Waals surface area contributed by atoms with Crippen molar-refractivity contribution in [3.8, 4) is 0 Å². The molecule has 2 heterocycles. The van der Waals surface area contributed by atoms with Crippen LogP contribution in [0.2, 0.25) is 0 Å². The van der Waals surface area contributed by atoms with Gasteiger partial charge in [0.25, 0.3) is 0 Å². The molecule has 2 unspecified atom stereocenters. The van der Waals surface area contributed by atoms with Gasteiger partial charge in [-0.25, -0.2) is 0 Å². The molecule has 2 aliphatic rings. The topological polar surface area (TPSA) is 38.8 Å². The third-order valence-corrected chi connectivity index (χ3v) is 2.77. The summed E-state index contributed by atoms with van der Waals surface area (Å²) >= 11 is 1.55. The lowest BCUT2D eigenvalue weighted by molar-refractivity contribution is -0.199. The molecule has 1 saturated heterocycles. The molecule has 13 heavy (non-hydrogen) atoms. The van der Waals surface area contributed by atoms with Crippen molar-refractivity contribution in [1.29, 1.82) is 0 Å². The summed E-state index contributed by atoms with van der Waals surface area (Å²) in [4.78, 5) is 13.3. The normalized spacial score (nSPS) is 32.4. The highest BCUT2D eigenvalue weighted by atomic mass is 32.2. The molecule has 2 aliphatic heterocycles. The Labute approximate surface area is 80.9 Å². The van der Waals surface area contributed by atoms with Gasteiger partial charge in [-0.15, -0.1) is 0 Å². The zero-order valence-corrected chi connectivity index (χ0v) is 8.12. The Morgan fingerprint density at radius 2 is 2.69 bits per heavy atom. The molecule has 0 bridgehead atoms. The number of hydrogen-bond acceptors (Lipinski definition) is 5. The van der Waals surface area contributed by atoms with Crippen LogP contribution in [0.15, 0.2) is 11.6 Å². The maximum Gasteiger partial charge on any atom is 0.222 e. The van der Waals surface area contributed by atoms with Crippen molar-refractivity contribution in [1.82, 2.24) is 4.90 Å². The smallest absolute Gasteiger partial charge is 0.222 e. The van der Waals surface area contributed by atoms with Crippen molar-refractivity contribution in [2.45, 2.75) is 18.8 Å². The molecule has 0 N–H and O–H groups in total. The molecule has 0 saturated carbocycles. The van der Waals surface area contributed by atoms with E-state index in [-0.39, 0.29) is 11.3 Å². The minimum absolute atomic E-state index is 0.00903. The van der Waals surface area contributed by atoms with Crippen LogP contribution in [0, 0.1) is 0 Å². The van der Waals surface area contributed by atoms with Crippen molar-refractivity contribution >= 4 is 17.5 Å². The Hall–Kier alpha value is -0.520. The third-order valence-electron chi connectivity index (χ3n) is 1.88. The second kappa shape index (κ2) is 3.69. The van der Waals surface area contributed by atoms with E-state index in [9.17, 15) is 4.79 Å². The van der Waals surface area contributed by atoms with Gasteiger partial charge in [0.15, 0.2) is 5.56 Å². The van der Waals surface area contributed by atoms with E-state index in [1.165, 1.54) is 0 Å². The van der Waals surface area contributed by atoms with Gasteiger partial charge in [0.1, 0.15) is 0 Å². The molecule has 72 valence electrons. The number of ketones is 1. The lowest BCUT2D eigenvalue weighted by atomic mass is 10.3. The summed E-state index contributed by atoms with van der Waals surface area (Å²) in [6.45, 7) is 2.74. The quantitative estimate of drug-likeness (QED) is 0.659. The van der Waals surface area contributed by atoms with Crippen LogP contribution < -0.4 is 0 Å². The summed E-state index contributed by atoms with van der Waals surface area (Å²) in [5.74, 6) is -0.00903. The van der Waals surface area contributed by atoms with Crippen molar-refractivity contribution in [2.75, 3.05) is 13.2 Å². The molecule has 0 aromatic rings. The lowest BCUT2D eigenvalue weighted by Gasteiger charge is -2.33. The number of Topliss-reactive ketones (excluding diaryl/α,β-unsaturated/α-hetero) is 1. The van der Waals surface area contributed by atoms with Crippen LogP contribution >= 0.6 is 11.8 Å². The molecule has 2 atom stereocenters. The van der Waals surface area contributed by atoms with Gasteiger partial charge >= 0.3 is 0 Å². The van der Waals surface area contributed by atoms with Gasteiger partial charge in [0.2, 0.25) is 12.1 Å². The summed E-state index contributed by atoms with van der Waals surface area (Å²) in [5.41, 5.74) is -0.0748. The van der Waals surface area contributed by atoms with E-state index in [0.29, 0.717) is 13.2 Å². The van der Waals surface area contributed by atoms with Crippen molar-refractivity contribution in [3.05, 3.63) is 11.6 Å². The van der Waals surface area contributed by atoms with Crippen LogP contribution in [0.5, 0.6) is 0 Å². The van der Waals surface area contributed by atoms with Gasteiger partial charge in [-0.1, -0.05) is 11.8 Å². The second-order valence-electron chi connectivity index (χ2n) is 2.79. The Morgan fingerprint density at radius 1 is 1.85 bits per heavy atom. The molecule has 0 radical (unpaired) electrons. The van der Waals surface area contributed by atoms with Crippen molar-refractivity contribution < 1.29 is 14.3 Å². The second-order valence-corrected chi connectivity index (χ2v) is 3.74. The fraction of sp³-hybridized carbons (Fsp3) is 0.625. The SMILES string of the molecule is CCOC1OC2SC=CN2CC1=O. The number of carbonyl (C=O) groups excluding carboxylic acids is 1. The minimum Gasteiger partial charge on any atom is -0.346 e. The number of fused-ring (bicyclic) bond motifs is 1. The first-order valence-electron chi connectivity index (χ1n) is 4.19. The summed E-state index contributed by atoms with van der Waals surface area (Å²) < 4.78 is 10.6. The first-order valence-corrected chi connectivity index (χ1v) is 5.13. The fourth-order valence-electron chi connectivity index (χ4n) is 1.29. The van der Waals surface area contributed by atoms with Crippen LogP contribution in [-0.4, -0.2) is 35.7 Å². The van der Waals surface area contributed by atoms with Crippen LogP contribution in [-0.2, 0) is 14.3 Å². The molecular weight excluding hydrogens is 190 g/mol. The molecule has 1 fully saturated rings. The summed E-state index contributed by atoms with van der Waals surface area (Å²) in [7, 11) is 0. The standard InChI is InChI=1S/C8H11NO3S/c1-2-11-7-6(10)5-9-3-4-13-8(9)12-7/h3-4,7-8H,2,5H2,1H3. The van der Waals surface area contributed by atoms with E-state index in [2.05, 4.69) is 0 Å². The van der Waals surface area contributed by atoms with E-state index in [1.54, 1.807) is 11.8 Å². The fourth-order valence-corrected chi connectivity index (χ4v) is 2.11. The van der Waals surface area contributed by atoms with Gasteiger partial charge in [0.05, 0.1) is 6.54 Å². The molecular formula is C8H11NO3S. The Morgan fingerprint density at radius 3 is 3.46 bits per heavy atom. The number of hydrogen-bond donors (Lipinski definition) is 0. The van der Waals surface area contributed by atoms with Gasteiger partial charge in [-0.3, -0.25) is 4.79 Å². The lowest BCUT2D eigenvalue weighted by Crippen LogP contribution is -2.47. The molecule has 0 aliphatic carbocycles. The van der Waals surface area contributed by atoms with Gasteiger partial charge in [-0.05, 0) is 12.3 Å². The monoisotopic (exact) mass is 201 g/mol. The molecule has 0 aromatic carbocycles. The average molecular weight is 201 g/mol. The molecule has 0 aromatic heterocycles. The zero-order chi connectivity index (χ0) is 9.26. The van der Waals surface area contributed by atoms with Crippen LogP contribution in [0.4, 0.5) is 0 Å². The molecule has 0 spiro atoms. The van der Waals surface area contributed by atoms with Crippen molar-refractivity contribution in [3.63, 3.8) is 0 Å². The van der Waals surface area contributed by atoms with Gasteiger partial charge in [-0.2, -0.15) is 0 Å². The minimum atomic E-state index is -0.668. The van der Waals surface area contributed by atoms with Crippen LogP contribution in [0.3, 0.4) is 0 Å². The zero-order valence-electron chi connectivity index (χ0n) is 7.30. The molecule has 4 nitrogen and oxygen atoms in total. The van der Waals surface area contributed by atoms with Gasteiger partial charge < -0.3 is 14.4 Å². The maximum absolute atomic E-state index is 11.4. The summed E-state index contributed by atoms with van der Waals surface area (Å²) in [6, 6.07) is 0. The number of ether oxygens (including phenoxy) is 2. The number of nitrogens with zero attached hydrogens (tertiary/aromatic N) is 1. The highest BCUT2D eigenvalue weighted by Gasteiger charge is 2.35. The highest BCUT2D eigenvalue weighted by Crippen LogP contribution is 2.30. The predicted octanol–water partition coefficient (Wildman–Crippen LogP) is 0.752. The summed E-state index contributed by atoms with van der Waals surface area (Å²) in [5, 5.41) is 1.92. The maximum atomic E-state index is 11.4. The number of rotatable bonds is 2. The highest BCUT2D eigenvalue weighted by molar-refractivity contribution is 8.02. The first kappa shape index (κ1) is 9.05. The number of carbonyl (C=O) groups is 1. The van der Waals surface area contributed by atoms with E-state index >= 15 is 0 Å². The predicted molar refractivity (Wildman–Crippen MR) is 48.7 cm³/mol. The molecule has 2 rings (SSSR count). The first-order chi connectivity index (χ1) is 6.31. The van der Waals surface area contributed by atoms with Crippen molar-refractivity contribution in [2.24, 2.45) is 0 Å². The van der Waals surface area contributed by atoms with Crippen LogP contribution in [0.1, 0.15) is 6.92 Å². The average Bonchev–Trinajstić information content (AvgIpc) is 2.52. The Bertz CT molecular complexity index is 244. The molecule has 5 heteroatoms. The van der Waals surface area contributed by atoms with E-state index in [1.807, 2.05) is 23.4 Å². The number of thioether (sulfide) groups is 1. The van der Waals surface area contributed by atoms with Crippen LogP contribution in [0.25, 0.3) is 0 Å². The largest absolute Gasteiger partial charge is 0.346 e. The molecule has 0 amide bonds. The summed E-state index contributed by atoms with van der Waals surface area (Å²) in [6.07, 6.45) is 1.20. The Kier molecular flexibility index (Phi) is 2.57. The van der Waals surface area contributed by atoms with E-state index < -0.39 is 6.29 Å². The Balaban J connectivity index is 1.99. The third kappa shape index (κ3) is 1.72. The van der Waals surface area contributed by atoms with E-state index in [0.717, 1.165) is 0 Å².